The second-order valence-corrected chi connectivity index (χ2v) is 6.81. The van der Waals surface area contributed by atoms with Crippen LogP contribution in [0.1, 0.15) is 22.8 Å². The van der Waals surface area contributed by atoms with Gasteiger partial charge < -0.3 is 35.1 Å². The van der Waals surface area contributed by atoms with Crippen LogP contribution in [0.4, 0.5) is 5.69 Å². The van der Waals surface area contributed by atoms with E-state index in [0.717, 1.165) is 0 Å². The maximum atomic E-state index is 13.0. The van der Waals surface area contributed by atoms with E-state index in [1.165, 1.54) is 28.4 Å². The Hall–Kier alpha value is -3.27. The number of allylic oxidation sites excluding steroid dienone is 1. The molecule has 33 heavy (non-hydrogen) atoms. The zero-order valence-corrected chi connectivity index (χ0v) is 19.9. The van der Waals surface area contributed by atoms with E-state index in [2.05, 4.69) is 5.32 Å². The summed E-state index contributed by atoms with van der Waals surface area (Å²) in [6, 6.07) is 7.14. The molecule has 0 aromatic heterocycles. The number of ketones is 1. The molecular weight excluding hydrogens is 452 g/mol. The first-order valence-electron chi connectivity index (χ1n) is 9.67. The highest BCUT2D eigenvalue weighted by molar-refractivity contribution is 6.11. The number of methoxy groups -OCH3 is 4. The van der Waals surface area contributed by atoms with Gasteiger partial charge in [0.05, 0.1) is 40.7 Å². The fourth-order valence-electron chi connectivity index (χ4n) is 2.98. The van der Waals surface area contributed by atoms with Crippen molar-refractivity contribution in [1.82, 2.24) is 0 Å². The number of carbonyl (C=O) groups excluding carboxylic acids is 2. The normalized spacial score (nSPS) is 11.7. The van der Waals surface area contributed by atoms with Crippen molar-refractivity contribution in [3.8, 4) is 23.0 Å². The summed E-state index contributed by atoms with van der Waals surface area (Å²) >= 11 is 0. The van der Waals surface area contributed by atoms with E-state index in [9.17, 15) is 9.59 Å². The lowest BCUT2D eigenvalue weighted by molar-refractivity contribution is -0.118. The molecule has 0 spiro atoms. The lowest BCUT2D eigenvalue weighted by Crippen LogP contribution is -2.38. The third kappa shape index (κ3) is 6.61. The molecule has 2 rings (SSSR count). The Morgan fingerprint density at radius 2 is 1.58 bits per heavy atom. The molecule has 1 amide bonds. The summed E-state index contributed by atoms with van der Waals surface area (Å²) in [4.78, 5) is 25.1. The number of nitrogens with one attached hydrogen (secondary N) is 1. The summed E-state index contributed by atoms with van der Waals surface area (Å²) < 4.78 is 21.2. The quantitative estimate of drug-likeness (QED) is 0.349. The Labute approximate surface area is 198 Å². The molecule has 0 aliphatic heterocycles. The highest BCUT2D eigenvalue weighted by Crippen LogP contribution is 2.38. The van der Waals surface area contributed by atoms with Crippen molar-refractivity contribution in [2.45, 2.75) is 13.0 Å². The molecule has 9 nitrogen and oxygen atoms in total. The Morgan fingerprint density at radius 1 is 1.00 bits per heavy atom. The van der Waals surface area contributed by atoms with Crippen molar-refractivity contribution in [1.29, 1.82) is 0 Å². The number of nitrogens with two attached hydrogens (primary N) is 1. The summed E-state index contributed by atoms with van der Waals surface area (Å²) in [7, 11) is 5.90. The van der Waals surface area contributed by atoms with Crippen molar-refractivity contribution in [2.75, 3.05) is 40.4 Å². The van der Waals surface area contributed by atoms with E-state index in [-0.39, 0.29) is 18.2 Å². The van der Waals surface area contributed by atoms with E-state index >= 15 is 0 Å². The number of rotatable bonds is 10. The third-order valence-corrected chi connectivity index (χ3v) is 4.68. The largest absolute Gasteiger partial charge is 0.495 e. The molecule has 0 bridgehead atoms. The minimum atomic E-state index is -1.07. The number of anilines is 1. The number of amides is 1. The van der Waals surface area contributed by atoms with Crippen LogP contribution in [-0.2, 0) is 4.79 Å². The summed E-state index contributed by atoms with van der Waals surface area (Å²) in [5.41, 5.74) is 7.38. The molecule has 0 unspecified atom stereocenters. The van der Waals surface area contributed by atoms with Gasteiger partial charge in [-0.3, -0.25) is 9.59 Å². The average Bonchev–Trinajstić information content (AvgIpc) is 2.81. The van der Waals surface area contributed by atoms with E-state index in [1.54, 1.807) is 43.3 Å². The lowest BCUT2D eigenvalue weighted by atomic mass is 10.0. The smallest absolute Gasteiger partial charge is 0.243 e. The fourth-order valence-corrected chi connectivity index (χ4v) is 2.98. The number of Topliss-reactive ketones (excluding diaryl/α,β-unsaturated/α-hetero) is 1. The number of hydrogen-bond acceptors (Lipinski definition) is 8. The van der Waals surface area contributed by atoms with Crippen molar-refractivity contribution in [3.63, 3.8) is 0 Å². The molecule has 10 heteroatoms. The first kappa shape index (κ1) is 27.8. The predicted octanol–water partition coefficient (Wildman–Crippen LogP) is 2.69. The first-order chi connectivity index (χ1) is 15.3. The highest BCUT2D eigenvalue weighted by atomic mass is 35.5. The van der Waals surface area contributed by atoms with Gasteiger partial charge in [-0.25, -0.2) is 0 Å². The molecule has 0 aliphatic rings. The van der Waals surface area contributed by atoms with Gasteiger partial charge in [0.1, 0.15) is 11.8 Å². The van der Waals surface area contributed by atoms with Crippen molar-refractivity contribution < 1.29 is 33.6 Å². The molecule has 0 radical (unpaired) electrons. The highest BCUT2D eigenvalue weighted by Gasteiger charge is 2.18. The van der Waals surface area contributed by atoms with Crippen LogP contribution in [0.2, 0.25) is 0 Å². The number of benzene rings is 2. The van der Waals surface area contributed by atoms with Gasteiger partial charge in [0, 0.05) is 5.56 Å². The van der Waals surface area contributed by atoms with Gasteiger partial charge in [-0.05, 0) is 48.4 Å². The standard InChI is InChI=1S/C23H28N2O7.ClH/c1-13(21(27)15-10-19(30-3)22(32-5)20(11-15)31-4)8-14-6-7-18(29-2)17(9-14)25-23(28)16(24)12-26;/h6-11,16,26H,12,24H2,1-5H3,(H,25,28);1H/b13-8+;/t16-;/m0./s1. The van der Waals surface area contributed by atoms with E-state index < -0.39 is 18.6 Å². The van der Waals surface area contributed by atoms with E-state index in [1.807, 2.05) is 0 Å². The van der Waals surface area contributed by atoms with Gasteiger partial charge in [0.25, 0.3) is 0 Å². The number of aliphatic hydroxyl groups excluding tert-OH is 1. The van der Waals surface area contributed by atoms with Crippen LogP contribution in [0.3, 0.4) is 0 Å². The minimum absolute atomic E-state index is 0. The predicted molar refractivity (Wildman–Crippen MR) is 128 cm³/mol. The van der Waals surface area contributed by atoms with E-state index in [0.29, 0.717) is 45.4 Å². The van der Waals surface area contributed by atoms with Gasteiger partial charge in [-0.2, -0.15) is 0 Å². The zero-order chi connectivity index (χ0) is 23.8. The molecule has 0 saturated heterocycles. The summed E-state index contributed by atoms with van der Waals surface area (Å²) in [6.45, 7) is 1.19. The van der Waals surface area contributed by atoms with Gasteiger partial charge in [0.15, 0.2) is 17.3 Å². The topological polar surface area (TPSA) is 129 Å². The maximum Gasteiger partial charge on any atom is 0.243 e. The molecule has 0 saturated carbocycles. The van der Waals surface area contributed by atoms with Crippen LogP contribution in [0, 0.1) is 0 Å². The average molecular weight is 481 g/mol. The van der Waals surface area contributed by atoms with Crippen LogP contribution >= 0.6 is 12.4 Å². The molecule has 4 N–H and O–H groups in total. The SMILES string of the molecule is COc1ccc(/C=C(\C)C(=O)c2cc(OC)c(OC)c(OC)c2)cc1NC(=O)[C@@H](N)CO.Cl. The molecule has 1 atom stereocenters. The monoisotopic (exact) mass is 480 g/mol. The molecule has 2 aromatic carbocycles. The van der Waals surface area contributed by atoms with Crippen LogP contribution in [0.25, 0.3) is 6.08 Å². The van der Waals surface area contributed by atoms with Gasteiger partial charge in [-0.15, -0.1) is 12.4 Å². The van der Waals surface area contributed by atoms with Crippen LogP contribution in [-0.4, -0.2) is 57.9 Å². The Morgan fingerprint density at radius 3 is 2.06 bits per heavy atom. The number of halogens is 1. The van der Waals surface area contributed by atoms with Crippen LogP contribution in [0.5, 0.6) is 23.0 Å². The number of hydrogen-bond donors (Lipinski definition) is 3. The minimum Gasteiger partial charge on any atom is -0.495 e. The van der Waals surface area contributed by atoms with Crippen molar-refractivity contribution in [2.24, 2.45) is 5.73 Å². The van der Waals surface area contributed by atoms with Crippen molar-refractivity contribution >= 4 is 35.9 Å². The maximum absolute atomic E-state index is 13.0. The summed E-state index contributed by atoms with van der Waals surface area (Å²) in [6.07, 6.45) is 1.67. The van der Waals surface area contributed by atoms with Gasteiger partial charge >= 0.3 is 0 Å². The van der Waals surface area contributed by atoms with Crippen molar-refractivity contribution in [3.05, 3.63) is 47.0 Å². The second kappa shape index (κ2) is 12.7. The summed E-state index contributed by atoms with van der Waals surface area (Å²) in [5, 5.41) is 11.7. The first-order valence-corrected chi connectivity index (χ1v) is 9.67. The second-order valence-electron chi connectivity index (χ2n) is 6.81. The molecule has 0 aliphatic carbocycles. The molecule has 180 valence electrons. The number of aliphatic hydroxyl groups is 1. The third-order valence-electron chi connectivity index (χ3n) is 4.68. The molecule has 0 heterocycles. The Balaban J connectivity index is 0.00000544. The fraction of sp³-hybridized carbons (Fsp3) is 0.304. The van der Waals surface area contributed by atoms with Gasteiger partial charge in [-0.1, -0.05) is 6.07 Å². The Kier molecular flexibility index (Phi) is 10.7. The van der Waals surface area contributed by atoms with Crippen LogP contribution < -0.4 is 30.0 Å². The molecule has 0 fully saturated rings. The molecular formula is C23H29ClN2O7. The Bertz CT molecular complexity index is 999. The molecule has 2 aromatic rings. The van der Waals surface area contributed by atoms with Crippen LogP contribution in [0.15, 0.2) is 35.9 Å². The summed E-state index contributed by atoms with van der Waals surface area (Å²) in [5.74, 6) is 0.750. The number of carbonyl (C=O) groups is 2. The zero-order valence-electron chi connectivity index (χ0n) is 19.1. The number of ether oxygens (including phenoxy) is 4. The van der Waals surface area contributed by atoms with Gasteiger partial charge in [0.2, 0.25) is 11.7 Å². The lowest BCUT2D eigenvalue weighted by Gasteiger charge is -2.14. The van der Waals surface area contributed by atoms with E-state index in [4.69, 9.17) is 29.8 Å².